The van der Waals surface area contributed by atoms with Crippen LogP contribution < -0.4 is 10.6 Å². The van der Waals surface area contributed by atoms with E-state index in [2.05, 4.69) is 47.5 Å². The lowest BCUT2D eigenvalue weighted by molar-refractivity contribution is -0.124. The van der Waals surface area contributed by atoms with Crippen molar-refractivity contribution in [1.82, 2.24) is 34.5 Å². The fourth-order valence-corrected chi connectivity index (χ4v) is 5.38. The number of aromatic amines is 1. The summed E-state index contributed by atoms with van der Waals surface area (Å²) in [4.78, 5) is 29.6. The third-order valence-corrected chi connectivity index (χ3v) is 7.77. The molecule has 0 spiro atoms. The predicted octanol–water partition coefficient (Wildman–Crippen LogP) is 3.39. The van der Waals surface area contributed by atoms with Gasteiger partial charge in [0.15, 0.2) is 5.82 Å². The molecular formula is C31H34FN9O3. The Balaban J connectivity index is 1.23. The number of halogens is 1. The van der Waals surface area contributed by atoms with Gasteiger partial charge in [0.25, 0.3) is 0 Å². The number of anilines is 3. The van der Waals surface area contributed by atoms with Crippen LogP contribution in [0.25, 0.3) is 27.8 Å². The Morgan fingerprint density at radius 3 is 2.77 bits per heavy atom. The van der Waals surface area contributed by atoms with Crippen molar-refractivity contribution < 1.29 is 19.0 Å². The molecule has 4 heterocycles. The third kappa shape index (κ3) is 6.17. The van der Waals surface area contributed by atoms with E-state index in [1.165, 1.54) is 0 Å². The molecule has 4 N–H and O–H groups in total. The number of fused-ring (bicyclic) bond motifs is 1. The molecule has 1 amide bonds. The van der Waals surface area contributed by atoms with Crippen LogP contribution in [0.3, 0.4) is 0 Å². The van der Waals surface area contributed by atoms with Crippen molar-refractivity contribution in [1.29, 1.82) is 0 Å². The van der Waals surface area contributed by atoms with Gasteiger partial charge in [-0.3, -0.25) is 9.69 Å². The number of nitrogens with one attached hydrogen (secondary N) is 3. The number of hydrogen-bond donors (Lipinski definition) is 4. The van der Waals surface area contributed by atoms with Gasteiger partial charge in [0.2, 0.25) is 11.9 Å². The zero-order valence-electron chi connectivity index (χ0n) is 24.5. The standard InChI is InChI=1S/C31H34FN9O3/c1-39-9-11-40(12-10-39)27(19-44-2)30(43)37-26-8-4-7-23-24(15-33-29(23)26)28-25(32)16-34-31(38-28)36-21-14-35-41(17-21)22-6-3-5-20(13-22)18-42/h3-8,13-17,27,33,42H,9-12,18-19H2,1-2H3,(H,37,43)(H,34,36,38). The van der Waals surface area contributed by atoms with Crippen molar-refractivity contribution in [3.63, 3.8) is 0 Å². The van der Waals surface area contributed by atoms with Gasteiger partial charge in [-0.05, 0) is 30.8 Å². The topological polar surface area (TPSA) is 136 Å². The Hall–Kier alpha value is -4.69. The second-order valence-corrected chi connectivity index (χ2v) is 10.7. The van der Waals surface area contributed by atoms with Crippen LogP contribution in [0, 0.1) is 5.82 Å². The number of rotatable bonds is 10. The van der Waals surface area contributed by atoms with Gasteiger partial charge in [0.05, 0.1) is 54.4 Å². The van der Waals surface area contributed by atoms with Crippen molar-refractivity contribution in [2.24, 2.45) is 0 Å². The predicted molar refractivity (Wildman–Crippen MR) is 165 cm³/mol. The largest absolute Gasteiger partial charge is 0.392 e. The average Bonchev–Trinajstić information content (AvgIpc) is 3.69. The number of hydrogen-bond acceptors (Lipinski definition) is 9. The van der Waals surface area contributed by atoms with E-state index >= 15 is 4.39 Å². The summed E-state index contributed by atoms with van der Waals surface area (Å²) in [5.41, 5.74) is 4.03. The van der Waals surface area contributed by atoms with E-state index in [0.717, 1.165) is 43.6 Å². The molecule has 1 aliphatic rings. The lowest BCUT2D eigenvalue weighted by atomic mass is 10.1. The van der Waals surface area contributed by atoms with Crippen LogP contribution in [0.2, 0.25) is 0 Å². The molecule has 2 aromatic carbocycles. The molecule has 1 saturated heterocycles. The highest BCUT2D eigenvalue weighted by atomic mass is 19.1. The first kappa shape index (κ1) is 29.4. The lowest BCUT2D eigenvalue weighted by Crippen LogP contribution is -2.54. The van der Waals surface area contributed by atoms with Gasteiger partial charge in [-0.25, -0.2) is 19.0 Å². The second-order valence-electron chi connectivity index (χ2n) is 10.7. The number of carbonyl (C=O) groups excluding carboxylic acids is 1. The van der Waals surface area contributed by atoms with Crippen LogP contribution in [0.1, 0.15) is 5.56 Å². The van der Waals surface area contributed by atoms with E-state index in [1.54, 1.807) is 30.4 Å². The van der Waals surface area contributed by atoms with Crippen molar-refractivity contribution in [2.45, 2.75) is 12.6 Å². The van der Waals surface area contributed by atoms with E-state index in [-0.39, 0.29) is 30.8 Å². The highest BCUT2D eigenvalue weighted by Crippen LogP contribution is 2.33. The number of aliphatic hydroxyl groups excluding tert-OH is 1. The summed E-state index contributed by atoms with van der Waals surface area (Å²) >= 11 is 0. The highest BCUT2D eigenvalue weighted by Gasteiger charge is 2.29. The summed E-state index contributed by atoms with van der Waals surface area (Å²) in [7, 11) is 3.66. The molecular weight excluding hydrogens is 565 g/mol. The van der Waals surface area contributed by atoms with Crippen molar-refractivity contribution >= 4 is 34.1 Å². The first-order valence-corrected chi connectivity index (χ1v) is 14.3. The van der Waals surface area contributed by atoms with Crippen LogP contribution in [-0.4, -0.2) is 98.5 Å². The first-order chi connectivity index (χ1) is 21.4. The maximum atomic E-state index is 15.1. The number of aliphatic hydroxyl groups is 1. The molecule has 3 aromatic heterocycles. The molecule has 1 unspecified atom stereocenters. The molecule has 13 heteroatoms. The summed E-state index contributed by atoms with van der Waals surface area (Å²) in [6, 6.07) is 12.4. The molecule has 1 atom stereocenters. The number of carbonyl (C=O) groups is 1. The SMILES string of the molecule is COCC(C(=O)Nc1cccc2c(-c3nc(Nc4cnn(-c5cccc(CO)c5)c4)ncc3F)c[nH]c12)N1CCN(C)CC1. The van der Waals surface area contributed by atoms with Gasteiger partial charge in [0, 0.05) is 50.4 Å². The minimum absolute atomic E-state index is 0.0704. The van der Waals surface area contributed by atoms with Crippen LogP contribution in [0.4, 0.5) is 21.7 Å². The fraction of sp³-hybridized carbons (Fsp3) is 0.290. The number of amides is 1. The highest BCUT2D eigenvalue weighted by molar-refractivity contribution is 6.06. The van der Waals surface area contributed by atoms with E-state index in [1.807, 2.05) is 42.5 Å². The Labute approximate surface area is 253 Å². The van der Waals surface area contributed by atoms with Crippen LogP contribution in [0.15, 0.2) is 67.3 Å². The smallest absolute Gasteiger partial charge is 0.244 e. The van der Waals surface area contributed by atoms with Gasteiger partial charge >= 0.3 is 0 Å². The van der Waals surface area contributed by atoms with Gasteiger partial charge in [-0.2, -0.15) is 5.10 Å². The number of benzene rings is 2. The monoisotopic (exact) mass is 599 g/mol. The van der Waals surface area contributed by atoms with Crippen molar-refractivity contribution in [3.8, 4) is 16.9 Å². The van der Waals surface area contributed by atoms with Gasteiger partial charge < -0.3 is 30.4 Å². The van der Waals surface area contributed by atoms with E-state index < -0.39 is 11.9 Å². The van der Waals surface area contributed by atoms with Crippen molar-refractivity contribution in [3.05, 3.63) is 78.6 Å². The van der Waals surface area contributed by atoms with Gasteiger partial charge in [-0.1, -0.05) is 24.3 Å². The summed E-state index contributed by atoms with van der Waals surface area (Å²) < 4.78 is 22.2. The van der Waals surface area contributed by atoms with Gasteiger partial charge in [0.1, 0.15) is 11.7 Å². The zero-order chi connectivity index (χ0) is 30.6. The number of nitrogens with zero attached hydrogens (tertiary/aromatic N) is 6. The normalized spacial score (nSPS) is 15.0. The van der Waals surface area contributed by atoms with Gasteiger partial charge in [-0.15, -0.1) is 0 Å². The molecule has 0 radical (unpaired) electrons. The number of aromatic nitrogens is 5. The maximum absolute atomic E-state index is 15.1. The van der Waals surface area contributed by atoms with E-state index in [0.29, 0.717) is 27.8 Å². The molecule has 0 saturated carbocycles. The Morgan fingerprint density at radius 2 is 1.98 bits per heavy atom. The lowest BCUT2D eigenvalue weighted by Gasteiger charge is -2.36. The quantitative estimate of drug-likeness (QED) is 0.190. The summed E-state index contributed by atoms with van der Waals surface area (Å²) in [5, 5.41) is 20.7. The fourth-order valence-electron chi connectivity index (χ4n) is 5.38. The Kier molecular flexibility index (Phi) is 8.61. The number of ether oxygens (including phenoxy) is 1. The van der Waals surface area contributed by atoms with Crippen molar-refractivity contribution in [2.75, 3.05) is 57.6 Å². The summed E-state index contributed by atoms with van der Waals surface area (Å²) in [5.74, 6) is -0.556. The number of methoxy groups -OCH3 is 1. The Morgan fingerprint density at radius 1 is 1.16 bits per heavy atom. The molecule has 6 rings (SSSR count). The average molecular weight is 600 g/mol. The van der Waals surface area contributed by atoms with E-state index in [4.69, 9.17) is 4.74 Å². The molecule has 0 bridgehead atoms. The molecule has 1 aliphatic heterocycles. The zero-order valence-corrected chi connectivity index (χ0v) is 24.5. The van der Waals surface area contributed by atoms with Crippen LogP contribution >= 0.6 is 0 Å². The number of H-pyrrole nitrogens is 1. The van der Waals surface area contributed by atoms with Crippen LogP contribution in [-0.2, 0) is 16.1 Å². The number of para-hydroxylation sites is 1. The third-order valence-electron chi connectivity index (χ3n) is 7.77. The Bertz CT molecular complexity index is 1760. The molecule has 0 aliphatic carbocycles. The maximum Gasteiger partial charge on any atom is 0.244 e. The number of piperazine rings is 1. The molecule has 228 valence electrons. The van der Waals surface area contributed by atoms with E-state index in [9.17, 15) is 9.90 Å². The minimum Gasteiger partial charge on any atom is -0.392 e. The minimum atomic E-state index is -0.586. The first-order valence-electron chi connectivity index (χ1n) is 14.3. The number of likely N-dealkylation sites (N-methyl/N-ethyl adjacent to an activating group) is 1. The molecule has 5 aromatic rings. The van der Waals surface area contributed by atoms with Crippen LogP contribution in [0.5, 0.6) is 0 Å². The second kappa shape index (κ2) is 12.9. The summed E-state index contributed by atoms with van der Waals surface area (Å²) in [6.45, 7) is 3.51. The summed E-state index contributed by atoms with van der Waals surface area (Å²) in [6.07, 6.45) is 6.16. The molecule has 12 nitrogen and oxygen atoms in total. The molecule has 44 heavy (non-hydrogen) atoms. The molecule has 1 fully saturated rings.